The number of nitrogens with one attached hydrogen (secondary N) is 1. The molecule has 1 heterocycles. The van der Waals surface area contributed by atoms with Crippen molar-refractivity contribution in [1.82, 2.24) is 9.97 Å². The highest BCUT2D eigenvalue weighted by Crippen LogP contribution is 2.51. The second kappa shape index (κ2) is 3.67. The van der Waals surface area contributed by atoms with E-state index >= 15 is 0 Å². The molecule has 3 nitrogen and oxygen atoms in total. The lowest BCUT2D eigenvalue weighted by molar-refractivity contribution is 0.405. The first-order valence-corrected chi connectivity index (χ1v) is 6.80. The van der Waals surface area contributed by atoms with E-state index < -0.39 is 0 Å². The summed E-state index contributed by atoms with van der Waals surface area (Å²) < 4.78 is 0. The Morgan fingerprint density at radius 3 is 2.83 bits per heavy atom. The number of hydrogen-bond donors (Lipinski definition) is 1. The molecule has 2 aromatic rings. The van der Waals surface area contributed by atoms with Crippen molar-refractivity contribution in [2.75, 3.05) is 0 Å². The van der Waals surface area contributed by atoms with Gasteiger partial charge in [-0.1, -0.05) is 18.6 Å². The minimum atomic E-state index is 0.0124. The van der Waals surface area contributed by atoms with Crippen LogP contribution in [-0.4, -0.2) is 9.97 Å². The summed E-state index contributed by atoms with van der Waals surface area (Å²) in [4.78, 5) is 19.8. The average molecular weight is 240 g/mol. The summed E-state index contributed by atoms with van der Waals surface area (Å²) in [5, 5.41) is 0.699. The molecule has 1 aromatic heterocycles. The SMILES string of the molecule is O=c1[nH]c(C2CC3CCC2C3)nc2ccccc12. The molecule has 0 saturated heterocycles. The Kier molecular flexibility index (Phi) is 2.10. The third-order valence-electron chi connectivity index (χ3n) is 4.72. The topological polar surface area (TPSA) is 45.8 Å². The predicted octanol–water partition coefficient (Wildman–Crippen LogP) is 2.83. The largest absolute Gasteiger partial charge is 0.310 e. The first-order valence-electron chi connectivity index (χ1n) is 6.80. The van der Waals surface area contributed by atoms with Crippen LogP contribution in [0.2, 0.25) is 0 Å². The molecule has 4 rings (SSSR count). The molecule has 1 aromatic carbocycles. The van der Waals surface area contributed by atoms with Crippen molar-refractivity contribution >= 4 is 10.9 Å². The van der Waals surface area contributed by atoms with E-state index in [0.29, 0.717) is 11.3 Å². The fourth-order valence-corrected chi connectivity index (χ4v) is 3.86. The van der Waals surface area contributed by atoms with E-state index in [2.05, 4.69) is 9.97 Å². The summed E-state index contributed by atoms with van der Waals surface area (Å²) in [5.41, 5.74) is 0.845. The van der Waals surface area contributed by atoms with E-state index in [1.807, 2.05) is 24.3 Å². The lowest BCUT2D eigenvalue weighted by Gasteiger charge is -2.20. The number of rotatable bonds is 1. The Morgan fingerprint density at radius 1 is 1.17 bits per heavy atom. The lowest BCUT2D eigenvalue weighted by atomic mass is 9.88. The van der Waals surface area contributed by atoms with Crippen LogP contribution < -0.4 is 5.56 Å². The maximum atomic E-state index is 12.1. The first kappa shape index (κ1) is 10.3. The van der Waals surface area contributed by atoms with Crippen molar-refractivity contribution in [3.8, 4) is 0 Å². The summed E-state index contributed by atoms with van der Waals surface area (Å²) in [7, 11) is 0. The van der Waals surface area contributed by atoms with E-state index in [4.69, 9.17) is 0 Å². The molecule has 2 aliphatic carbocycles. The first-order chi connectivity index (χ1) is 8.81. The zero-order chi connectivity index (χ0) is 12.1. The van der Waals surface area contributed by atoms with Gasteiger partial charge in [-0.05, 0) is 43.2 Å². The third-order valence-corrected chi connectivity index (χ3v) is 4.72. The van der Waals surface area contributed by atoms with Crippen LogP contribution in [0.5, 0.6) is 0 Å². The minimum absolute atomic E-state index is 0.0124. The van der Waals surface area contributed by atoms with Gasteiger partial charge in [-0.2, -0.15) is 0 Å². The van der Waals surface area contributed by atoms with Gasteiger partial charge in [-0.25, -0.2) is 4.98 Å². The number of hydrogen-bond acceptors (Lipinski definition) is 2. The normalized spacial score (nSPS) is 30.1. The van der Waals surface area contributed by atoms with E-state index in [-0.39, 0.29) is 5.56 Å². The molecule has 3 heteroatoms. The fraction of sp³-hybridized carbons (Fsp3) is 0.467. The monoisotopic (exact) mass is 240 g/mol. The average Bonchev–Trinajstić information content (AvgIpc) is 3.01. The Morgan fingerprint density at radius 2 is 2.06 bits per heavy atom. The molecule has 18 heavy (non-hydrogen) atoms. The van der Waals surface area contributed by atoms with Gasteiger partial charge in [-0.15, -0.1) is 0 Å². The molecule has 2 saturated carbocycles. The van der Waals surface area contributed by atoms with Crippen molar-refractivity contribution in [2.24, 2.45) is 11.8 Å². The van der Waals surface area contributed by atoms with Gasteiger partial charge in [0.25, 0.3) is 5.56 Å². The Balaban J connectivity index is 1.84. The molecule has 2 fully saturated rings. The van der Waals surface area contributed by atoms with Gasteiger partial charge in [-0.3, -0.25) is 4.79 Å². The summed E-state index contributed by atoms with van der Waals surface area (Å²) >= 11 is 0. The maximum absolute atomic E-state index is 12.1. The molecular formula is C15H16N2O. The van der Waals surface area contributed by atoms with Gasteiger partial charge < -0.3 is 4.98 Å². The van der Waals surface area contributed by atoms with Gasteiger partial charge in [0.1, 0.15) is 5.82 Å². The van der Waals surface area contributed by atoms with Crippen molar-refractivity contribution in [2.45, 2.75) is 31.6 Å². The van der Waals surface area contributed by atoms with Gasteiger partial charge in [0, 0.05) is 5.92 Å². The van der Waals surface area contributed by atoms with Crippen LogP contribution >= 0.6 is 0 Å². The van der Waals surface area contributed by atoms with E-state index in [0.717, 1.165) is 23.2 Å². The maximum Gasteiger partial charge on any atom is 0.258 e. The molecule has 3 unspecified atom stereocenters. The van der Waals surface area contributed by atoms with Gasteiger partial charge in [0.15, 0.2) is 0 Å². The number of para-hydroxylation sites is 1. The summed E-state index contributed by atoms with van der Waals surface area (Å²) in [6, 6.07) is 7.60. The molecule has 0 amide bonds. The fourth-order valence-electron chi connectivity index (χ4n) is 3.86. The molecule has 0 spiro atoms. The van der Waals surface area contributed by atoms with Crippen LogP contribution in [0.25, 0.3) is 10.9 Å². The highest BCUT2D eigenvalue weighted by Gasteiger charge is 2.41. The number of nitrogens with zero attached hydrogens (tertiary/aromatic N) is 1. The van der Waals surface area contributed by atoms with Crippen LogP contribution in [0.1, 0.15) is 37.4 Å². The van der Waals surface area contributed by atoms with Gasteiger partial charge in [0.2, 0.25) is 0 Å². The van der Waals surface area contributed by atoms with E-state index in [1.54, 1.807) is 0 Å². The molecule has 0 radical (unpaired) electrons. The number of H-pyrrole nitrogens is 1. The number of aromatic nitrogens is 2. The number of aromatic amines is 1. The number of fused-ring (bicyclic) bond motifs is 3. The molecule has 0 aliphatic heterocycles. The Labute approximate surface area is 105 Å². The molecular weight excluding hydrogens is 224 g/mol. The third kappa shape index (κ3) is 1.43. The zero-order valence-corrected chi connectivity index (χ0v) is 10.2. The van der Waals surface area contributed by atoms with Crippen molar-refractivity contribution in [1.29, 1.82) is 0 Å². The predicted molar refractivity (Wildman–Crippen MR) is 70.6 cm³/mol. The number of benzene rings is 1. The van der Waals surface area contributed by atoms with Crippen LogP contribution in [0.4, 0.5) is 0 Å². The molecule has 1 N–H and O–H groups in total. The summed E-state index contributed by atoms with van der Waals surface area (Å²) in [6.45, 7) is 0. The van der Waals surface area contributed by atoms with Crippen molar-refractivity contribution in [3.63, 3.8) is 0 Å². The van der Waals surface area contributed by atoms with E-state index in [1.165, 1.54) is 25.7 Å². The van der Waals surface area contributed by atoms with Crippen molar-refractivity contribution < 1.29 is 0 Å². The molecule has 2 aliphatic rings. The van der Waals surface area contributed by atoms with Crippen LogP contribution in [0.15, 0.2) is 29.1 Å². The van der Waals surface area contributed by atoms with Crippen LogP contribution in [0.3, 0.4) is 0 Å². The van der Waals surface area contributed by atoms with Crippen molar-refractivity contribution in [3.05, 3.63) is 40.4 Å². The lowest BCUT2D eigenvalue weighted by Crippen LogP contribution is -2.18. The Hall–Kier alpha value is -1.64. The van der Waals surface area contributed by atoms with Gasteiger partial charge >= 0.3 is 0 Å². The highest BCUT2D eigenvalue weighted by atomic mass is 16.1. The molecule has 3 atom stereocenters. The van der Waals surface area contributed by atoms with E-state index in [9.17, 15) is 4.79 Å². The zero-order valence-electron chi connectivity index (χ0n) is 10.2. The van der Waals surface area contributed by atoms with Gasteiger partial charge in [0.05, 0.1) is 10.9 Å². The van der Waals surface area contributed by atoms with Crippen LogP contribution in [-0.2, 0) is 0 Å². The second-order valence-corrected chi connectivity index (χ2v) is 5.75. The standard InChI is InChI=1S/C15H16N2O/c18-15-11-3-1-2-4-13(11)16-14(17-15)12-8-9-5-6-10(12)7-9/h1-4,9-10,12H,5-8H2,(H,16,17,18). The second-order valence-electron chi connectivity index (χ2n) is 5.75. The summed E-state index contributed by atoms with van der Waals surface area (Å²) in [6.07, 6.45) is 5.23. The quantitative estimate of drug-likeness (QED) is 0.833. The smallest absolute Gasteiger partial charge is 0.258 e. The highest BCUT2D eigenvalue weighted by molar-refractivity contribution is 5.77. The summed E-state index contributed by atoms with van der Waals surface area (Å²) in [5.74, 6) is 3.03. The molecule has 92 valence electrons. The minimum Gasteiger partial charge on any atom is -0.310 e. The van der Waals surface area contributed by atoms with Crippen LogP contribution in [0, 0.1) is 11.8 Å². The molecule has 2 bridgehead atoms. The Bertz CT molecular complexity index is 661.